The van der Waals surface area contributed by atoms with Crippen molar-refractivity contribution in [2.75, 3.05) is 0 Å². The van der Waals surface area contributed by atoms with Gasteiger partial charge < -0.3 is 9.31 Å². The van der Waals surface area contributed by atoms with Gasteiger partial charge in [-0.2, -0.15) is 13.2 Å². The van der Waals surface area contributed by atoms with Crippen LogP contribution in [0, 0.1) is 0 Å². The third-order valence-electron chi connectivity index (χ3n) is 4.56. The maximum absolute atomic E-state index is 12.9. The lowest BCUT2D eigenvalue weighted by Crippen LogP contribution is -2.48. The molecule has 0 radical (unpaired) electrons. The van der Waals surface area contributed by atoms with E-state index in [0.717, 1.165) is 6.08 Å². The zero-order valence-corrected chi connectivity index (χ0v) is 12.9. The molecule has 2 heterocycles. The molecule has 0 saturated carbocycles. The average molecular weight is 311 g/mol. The van der Waals surface area contributed by atoms with Gasteiger partial charge >= 0.3 is 13.3 Å². The van der Waals surface area contributed by atoms with Gasteiger partial charge in [0.1, 0.15) is 0 Å². The molecule has 1 fully saturated rings. The van der Waals surface area contributed by atoms with Crippen LogP contribution in [-0.2, 0) is 9.31 Å². The van der Waals surface area contributed by atoms with Crippen molar-refractivity contribution < 1.29 is 22.5 Å². The third-order valence-corrected chi connectivity index (χ3v) is 4.56. The van der Waals surface area contributed by atoms with Gasteiger partial charge in [-0.15, -0.1) is 0 Å². The summed E-state index contributed by atoms with van der Waals surface area (Å²) in [5.74, 6) is 0. The van der Waals surface area contributed by atoms with Crippen LogP contribution in [0.1, 0.15) is 27.7 Å². The van der Waals surface area contributed by atoms with E-state index >= 15 is 0 Å². The van der Waals surface area contributed by atoms with Crippen molar-refractivity contribution in [1.82, 2.24) is 0 Å². The van der Waals surface area contributed by atoms with Crippen molar-refractivity contribution >= 4 is 18.7 Å². The fourth-order valence-corrected chi connectivity index (χ4v) is 2.55. The van der Waals surface area contributed by atoms with Crippen molar-refractivity contribution in [3.05, 3.63) is 28.8 Å². The van der Waals surface area contributed by atoms with E-state index in [1.54, 1.807) is 18.2 Å². The Morgan fingerprint density at radius 3 is 2.23 bits per heavy atom. The van der Waals surface area contributed by atoms with E-state index in [-0.39, 0.29) is 0 Å². The maximum atomic E-state index is 12.9. The molecular formula is C15H17BF3NO2. The summed E-state index contributed by atoms with van der Waals surface area (Å²) in [6.45, 7) is 7.62. The minimum atomic E-state index is -4.38. The highest BCUT2D eigenvalue weighted by molar-refractivity contribution is 6.62. The van der Waals surface area contributed by atoms with Crippen molar-refractivity contribution in [2.45, 2.75) is 51.1 Å². The topological polar surface area (TPSA) is 30.8 Å². The van der Waals surface area contributed by atoms with Crippen molar-refractivity contribution in [2.24, 2.45) is 4.99 Å². The van der Waals surface area contributed by atoms with Crippen LogP contribution < -0.4 is 16.0 Å². The fourth-order valence-electron chi connectivity index (χ4n) is 2.55. The predicted molar refractivity (Wildman–Crippen MR) is 77.2 cm³/mol. The first-order valence-corrected chi connectivity index (χ1v) is 7.12. The summed E-state index contributed by atoms with van der Waals surface area (Å²) in [6.07, 6.45) is -3.25. The number of alkyl halides is 3. The van der Waals surface area contributed by atoms with E-state index in [0.29, 0.717) is 16.0 Å². The monoisotopic (exact) mass is 311 g/mol. The molecule has 0 unspecified atom stereocenters. The normalized spacial score (nSPS) is 25.6. The molecule has 0 bridgehead atoms. The Kier molecular flexibility index (Phi) is 3.24. The van der Waals surface area contributed by atoms with Crippen LogP contribution in [0.3, 0.4) is 0 Å². The van der Waals surface area contributed by atoms with Gasteiger partial charge in [0.15, 0.2) is 6.04 Å². The number of hydrogen-bond donors (Lipinski definition) is 0. The number of fused-ring (bicyclic) bond motifs is 1. The van der Waals surface area contributed by atoms with Gasteiger partial charge in [-0.1, -0.05) is 12.1 Å². The Labute approximate surface area is 127 Å². The second-order valence-corrected chi connectivity index (χ2v) is 6.65. The molecule has 0 amide bonds. The van der Waals surface area contributed by atoms with Gasteiger partial charge in [-0.25, -0.2) is 0 Å². The first-order valence-electron chi connectivity index (χ1n) is 7.12. The molecule has 118 valence electrons. The highest BCUT2D eigenvalue weighted by atomic mass is 19.4. The number of rotatable bonds is 1. The SMILES string of the molecule is CC1(C)OB(c2cccc3c2=C[C@@H](C(F)(F)F)N=3)OC1(C)C. The van der Waals surface area contributed by atoms with Gasteiger partial charge in [-0.3, -0.25) is 4.99 Å². The number of halogens is 3. The molecule has 7 heteroatoms. The summed E-state index contributed by atoms with van der Waals surface area (Å²) >= 11 is 0. The summed E-state index contributed by atoms with van der Waals surface area (Å²) < 4.78 is 50.5. The summed E-state index contributed by atoms with van der Waals surface area (Å²) in [4.78, 5) is 3.74. The summed E-state index contributed by atoms with van der Waals surface area (Å²) in [5.41, 5.74) is -0.495. The second-order valence-electron chi connectivity index (χ2n) is 6.65. The fraction of sp³-hybridized carbons (Fsp3) is 0.533. The predicted octanol–water partition coefficient (Wildman–Crippen LogP) is 1.33. The van der Waals surface area contributed by atoms with Crippen LogP contribution in [0.5, 0.6) is 0 Å². The van der Waals surface area contributed by atoms with Crippen LogP contribution in [0.15, 0.2) is 23.2 Å². The molecule has 1 aromatic carbocycles. The number of hydrogen-bond acceptors (Lipinski definition) is 3. The maximum Gasteiger partial charge on any atom is 0.495 e. The molecule has 0 spiro atoms. The average Bonchev–Trinajstić information content (AvgIpc) is 2.88. The van der Waals surface area contributed by atoms with Crippen LogP contribution in [0.2, 0.25) is 0 Å². The lowest BCUT2D eigenvalue weighted by Gasteiger charge is -2.32. The smallest absolute Gasteiger partial charge is 0.399 e. The van der Waals surface area contributed by atoms with E-state index in [1.807, 2.05) is 27.7 Å². The highest BCUT2D eigenvalue weighted by Gasteiger charge is 2.52. The van der Waals surface area contributed by atoms with Crippen molar-refractivity contribution in [3.8, 4) is 0 Å². The molecular weight excluding hydrogens is 294 g/mol. The molecule has 3 nitrogen and oxygen atoms in total. The summed E-state index contributed by atoms with van der Waals surface area (Å²) in [7, 11) is -0.696. The molecule has 1 aromatic rings. The van der Waals surface area contributed by atoms with E-state index in [9.17, 15) is 13.2 Å². The first-order chi connectivity index (χ1) is 10.0. The zero-order valence-electron chi connectivity index (χ0n) is 12.9. The van der Waals surface area contributed by atoms with E-state index in [1.165, 1.54) is 0 Å². The van der Waals surface area contributed by atoms with Crippen molar-refractivity contribution in [3.63, 3.8) is 0 Å². The molecule has 1 atom stereocenters. The van der Waals surface area contributed by atoms with Gasteiger partial charge in [0.05, 0.1) is 16.6 Å². The van der Waals surface area contributed by atoms with E-state index in [2.05, 4.69) is 4.99 Å². The second kappa shape index (κ2) is 4.58. The number of nitrogens with zero attached hydrogens (tertiary/aromatic N) is 1. The van der Waals surface area contributed by atoms with E-state index in [4.69, 9.17) is 9.31 Å². The van der Waals surface area contributed by atoms with Crippen LogP contribution in [-0.4, -0.2) is 30.5 Å². The largest absolute Gasteiger partial charge is 0.495 e. The Balaban J connectivity index is 2.05. The quantitative estimate of drug-likeness (QED) is 0.733. The molecule has 2 aliphatic heterocycles. The Morgan fingerprint density at radius 2 is 1.68 bits per heavy atom. The third kappa shape index (κ3) is 2.36. The van der Waals surface area contributed by atoms with Crippen molar-refractivity contribution in [1.29, 1.82) is 0 Å². The molecule has 1 saturated heterocycles. The standard InChI is InChI=1S/C15H17BF3NO2/c1-13(2)14(3,4)22-16(21-13)10-6-5-7-11-9(10)8-12(20-11)15(17,18)19/h5-8,12H,1-4H3/t12-/m0/s1. The Morgan fingerprint density at radius 1 is 1.09 bits per heavy atom. The molecule has 0 aliphatic carbocycles. The van der Waals surface area contributed by atoms with Gasteiger partial charge in [0.25, 0.3) is 0 Å². The minimum absolute atomic E-state index is 0.328. The van der Waals surface area contributed by atoms with Gasteiger partial charge in [0.2, 0.25) is 0 Å². The lowest BCUT2D eigenvalue weighted by molar-refractivity contribution is -0.133. The molecule has 3 rings (SSSR count). The molecule has 22 heavy (non-hydrogen) atoms. The summed E-state index contributed by atoms with van der Waals surface area (Å²) in [6, 6.07) is 3.18. The van der Waals surface area contributed by atoms with E-state index < -0.39 is 30.5 Å². The Hall–Kier alpha value is -1.34. The minimum Gasteiger partial charge on any atom is -0.399 e. The Bertz CT molecular complexity index is 711. The molecule has 0 aromatic heterocycles. The molecule has 0 N–H and O–H groups in total. The number of benzene rings is 1. The van der Waals surface area contributed by atoms with Crippen LogP contribution in [0.4, 0.5) is 13.2 Å². The lowest BCUT2D eigenvalue weighted by atomic mass is 9.77. The first kappa shape index (κ1) is 15.6. The summed E-state index contributed by atoms with van der Waals surface area (Å²) in [5, 5.41) is 0.776. The van der Waals surface area contributed by atoms with Crippen LogP contribution >= 0.6 is 0 Å². The highest BCUT2D eigenvalue weighted by Crippen LogP contribution is 2.36. The van der Waals surface area contributed by atoms with Gasteiger partial charge in [0, 0.05) is 0 Å². The van der Waals surface area contributed by atoms with Crippen LogP contribution in [0.25, 0.3) is 6.08 Å². The zero-order chi connectivity index (χ0) is 16.3. The molecule has 2 aliphatic rings. The van der Waals surface area contributed by atoms with Gasteiger partial charge in [-0.05, 0) is 50.5 Å².